The van der Waals surface area contributed by atoms with Gasteiger partial charge in [-0.1, -0.05) is 12.1 Å². The summed E-state index contributed by atoms with van der Waals surface area (Å²) in [7, 11) is 1.90. The molecule has 0 radical (unpaired) electrons. The molecule has 2 aliphatic heterocycles. The van der Waals surface area contributed by atoms with Gasteiger partial charge in [-0.05, 0) is 30.7 Å². The maximum Gasteiger partial charge on any atom is 0.251 e. The topological polar surface area (TPSA) is 59.6 Å². The highest BCUT2D eigenvalue weighted by Gasteiger charge is 2.27. The Kier molecular flexibility index (Phi) is 4.00. The second-order valence-electron chi connectivity index (χ2n) is 5.17. The fraction of sp³-hybridized carbons (Fsp3) is 0.533. The molecule has 1 amide bonds. The van der Waals surface area contributed by atoms with E-state index < -0.39 is 0 Å². The molecular weight excluding hydrogens is 256 g/mol. The first-order chi connectivity index (χ1) is 9.79. The van der Waals surface area contributed by atoms with E-state index in [0.29, 0.717) is 19.8 Å². The lowest BCUT2D eigenvalue weighted by Crippen LogP contribution is -2.39. The first-order valence-corrected chi connectivity index (χ1v) is 7.07. The molecule has 108 valence electrons. The molecule has 0 saturated carbocycles. The Labute approximate surface area is 118 Å². The standard InChI is InChI=1S/C15H20N2O3/c1-16-14(13-9-19-6-7-20-13)11-3-2-10-4-5-17-15(18)12(10)8-11/h2-3,8,13-14,16H,4-7,9H2,1H3,(H,17,18). The van der Waals surface area contributed by atoms with Gasteiger partial charge in [0.15, 0.2) is 0 Å². The van der Waals surface area contributed by atoms with Gasteiger partial charge in [-0.25, -0.2) is 0 Å². The molecule has 2 aliphatic rings. The van der Waals surface area contributed by atoms with Gasteiger partial charge in [0.25, 0.3) is 5.91 Å². The third-order valence-electron chi connectivity index (χ3n) is 3.94. The van der Waals surface area contributed by atoms with Crippen LogP contribution >= 0.6 is 0 Å². The maximum atomic E-state index is 11.9. The van der Waals surface area contributed by atoms with Crippen LogP contribution in [0.2, 0.25) is 0 Å². The van der Waals surface area contributed by atoms with Crippen LogP contribution < -0.4 is 10.6 Å². The number of fused-ring (bicyclic) bond motifs is 1. The molecule has 2 atom stereocenters. The number of carbonyl (C=O) groups is 1. The Morgan fingerprint density at radius 1 is 1.40 bits per heavy atom. The van der Waals surface area contributed by atoms with Gasteiger partial charge in [0.05, 0.1) is 25.9 Å². The Bertz CT molecular complexity index is 498. The number of ether oxygens (including phenoxy) is 2. The molecule has 5 heteroatoms. The average Bonchev–Trinajstić information content (AvgIpc) is 2.50. The highest BCUT2D eigenvalue weighted by Crippen LogP contribution is 2.25. The lowest BCUT2D eigenvalue weighted by atomic mass is 9.93. The van der Waals surface area contributed by atoms with Crippen molar-refractivity contribution in [3.63, 3.8) is 0 Å². The predicted molar refractivity (Wildman–Crippen MR) is 74.8 cm³/mol. The van der Waals surface area contributed by atoms with Crippen molar-refractivity contribution >= 4 is 5.91 Å². The van der Waals surface area contributed by atoms with Gasteiger partial charge >= 0.3 is 0 Å². The molecule has 3 rings (SSSR count). The van der Waals surface area contributed by atoms with Crippen molar-refractivity contribution in [1.29, 1.82) is 0 Å². The lowest BCUT2D eigenvalue weighted by molar-refractivity contribution is -0.101. The van der Waals surface area contributed by atoms with Crippen LogP contribution in [0.4, 0.5) is 0 Å². The van der Waals surface area contributed by atoms with E-state index in [2.05, 4.69) is 22.8 Å². The first kappa shape index (κ1) is 13.5. The fourth-order valence-electron chi connectivity index (χ4n) is 2.89. The molecule has 1 fully saturated rings. The van der Waals surface area contributed by atoms with Gasteiger partial charge in [-0.2, -0.15) is 0 Å². The van der Waals surface area contributed by atoms with Crippen LogP contribution in [-0.2, 0) is 15.9 Å². The number of carbonyl (C=O) groups excluding carboxylic acids is 1. The van der Waals surface area contributed by atoms with E-state index in [4.69, 9.17) is 9.47 Å². The van der Waals surface area contributed by atoms with E-state index in [9.17, 15) is 4.79 Å². The van der Waals surface area contributed by atoms with E-state index in [1.54, 1.807) is 0 Å². The van der Waals surface area contributed by atoms with Gasteiger partial charge in [-0.15, -0.1) is 0 Å². The Morgan fingerprint density at radius 2 is 2.30 bits per heavy atom. The molecular formula is C15H20N2O3. The third-order valence-corrected chi connectivity index (χ3v) is 3.94. The minimum Gasteiger partial charge on any atom is -0.376 e. The molecule has 0 aliphatic carbocycles. The molecule has 2 unspecified atom stereocenters. The molecule has 0 bridgehead atoms. The summed E-state index contributed by atoms with van der Waals surface area (Å²) in [6.45, 7) is 2.57. The van der Waals surface area contributed by atoms with Crippen molar-refractivity contribution in [3.8, 4) is 0 Å². The first-order valence-electron chi connectivity index (χ1n) is 7.07. The summed E-state index contributed by atoms with van der Waals surface area (Å²) in [5, 5.41) is 6.16. The van der Waals surface area contributed by atoms with Gasteiger partial charge in [0, 0.05) is 12.1 Å². The van der Waals surface area contributed by atoms with Crippen LogP contribution in [0.1, 0.15) is 27.5 Å². The Hall–Kier alpha value is -1.43. The number of hydrogen-bond donors (Lipinski definition) is 2. The second-order valence-corrected chi connectivity index (χ2v) is 5.17. The Balaban J connectivity index is 1.88. The number of benzene rings is 1. The van der Waals surface area contributed by atoms with Crippen LogP contribution in [0.3, 0.4) is 0 Å². The van der Waals surface area contributed by atoms with Crippen LogP contribution in [0.5, 0.6) is 0 Å². The SMILES string of the molecule is CNC(c1ccc2c(c1)C(=O)NCC2)C1COCCO1. The predicted octanol–water partition coefficient (Wildman–Crippen LogP) is 0.648. The molecule has 0 spiro atoms. The molecule has 2 heterocycles. The summed E-state index contributed by atoms with van der Waals surface area (Å²) in [4.78, 5) is 11.9. The van der Waals surface area contributed by atoms with Crippen molar-refractivity contribution in [1.82, 2.24) is 10.6 Å². The fourth-order valence-corrected chi connectivity index (χ4v) is 2.89. The largest absolute Gasteiger partial charge is 0.376 e. The second kappa shape index (κ2) is 5.91. The van der Waals surface area contributed by atoms with Gasteiger partial charge in [0.1, 0.15) is 6.10 Å². The zero-order valence-corrected chi connectivity index (χ0v) is 11.6. The minimum atomic E-state index is -0.0153. The highest BCUT2D eigenvalue weighted by molar-refractivity contribution is 5.96. The van der Waals surface area contributed by atoms with E-state index in [1.807, 2.05) is 13.1 Å². The summed E-state index contributed by atoms with van der Waals surface area (Å²) in [6, 6.07) is 6.15. The molecule has 2 N–H and O–H groups in total. The highest BCUT2D eigenvalue weighted by atomic mass is 16.6. The van der Waals surface area contributed by atoms with E-state index in [0.717, 1.165) is 29.7 Å². The van der Waals surface area contributed by atoms with Crippen molar-refractivity contribution in [2.45, 2.75) is 18.6 Å². The van der Waals surface area contributed by atoms with E-state index >= 15 is 0 Å². The van der Waals surface area contributed by atoms with E-state index in [1.165, 1.54) is 0 Å². The zero-order valence-electron chi connectivity index (χ0n) is 11.6. The van der Waals surface area contributed by atoms with Crippen molar-refractivity contribution in [3.05, 3.63) is 34.9 Å². The number of nitrogens with one attached hydrogen (secondary N) is 2. The zero-order chi connectivity index (χ0) is 13.9. The lowest BCUT2D eigenvalue weighted by Gasteiger charge is -2.31. The number of amides is 1. The number of hydrogen-bond acceptors (Lipinski definition) is 4. The number of rotatable bonds is 3. The monoisotopic (exact) mass is 276 g/mol. The average molecular weight is 276 g/mol. The van der Waals surface area contributed by atoms with E-state index in [-0.39, 0.29) is 18.1 Å². The molecule has 5 nitrogen and oxygen atoms in total. The quantitative estimate of drug-likeness (QED) is 0.851. The number of likely N-dealkylation sites (N-methyl/N-ethyl adjacent to an activating group) is 1. The minimum absolute atomic E-state index is 0.0153. The van der Waals surface area contributed by atoms with Crippen LogP contribution in [0.25, 0.3) is 0 Å². The van der Waals surface area contributed by atoms with Crippen LogP contribution in [-0.4, -0.2) is 45.4 Å². The molecule has 1 aromatic carbocycles. The summed E-state index contributed by atoms with van der Waals surface area (Å²) in [5.41, 5.74) is 2.97. The van der Waals surface area contributed by atoms with Gasteiger partial charge in [0.2, 0.25) is 0 Å². The van der Waals surface area contributed by atoms with Crippen molar-refractivity contribution in [2.75, 3.05) is 33.4 Å². The summed E-state index contributed by atoms with van der Waals surface area (Å²) in [5.74, 6) is 0.0174. The Morgan fingerprint density at radius 3 is 3.05 bits per heavy atom. The van der Waals surface area contributed by atoms with Gasteiger partial charge in [-0.3, -0.25) is 4.79 Å². The summed E-state index contributed by atoms with van der Waals surface area (Å²) in [6.07, 6.45) is 0.882. The summed E-state index contributed by atoms with van der Waals surface area (Å²) < 4.78 is 11.2. The smallest absolute Gasteiger partial charge is 0.251 e. The third kappa shape index (κ3) is 2.57. The summed E-state index contributed by atoms with van der Waals surface area (Å²) >= 11 is 0. The van der Waals surface area contributed by atoms with Crippen molar-refractivity contribution in [2.24, 2.45) is 0 Å². The molecule has 1 aromatic rings. The maximum absolute atomic E-state index is 11.9. The molecule has 1 saturated heterocycles. The molecule has 0 aromatic heterocycles. The normalized spacial score (nSPS) is 23.9. The van der Waals surface area contributed by atoms with Crippen LogP contribution in [0, 0.1) is 0 Å². The van der Waals surface area contributed by atoms with Crippen molar-refractivity contribution < 1.29 is 14.3 Å². The van der Waals surface area contributed by atoms with Crippen LogP contribution in [0.15, 0.2) is 18.2 Å². The van der Waals surface area contributed by atoms with Gasteiger partial charge < -0.3 is 20.1 Å². The molecule has 20 heavy (non-hydrogen) atoms.